The Hall–Kier alpha value is -0.990. The van der Waals surface area contributed by atoms with E-state index in [1.807, 2.05) is 13.0 Å². The molecule has 2 aromatic rings. The van der Waals surface area contributed by atoms with Crippen LogP contribution in [0.2, 0.25) is 5.02 Å². The van der Waals surface area contributed by atoms with Crippen molar-refractivity contribution in [1.29, 1.82) is 0 Å². The SMILES string of the molecule is Cc1cc(Br)c(NC2CCCc3ccccc32)cc1Cl. The molecular weight excluding hydrogens is 334 g/mol. The van der Waals surface area contributed by atoms with E-state index in [2.05, 4.69) is 51.6 Å². The Morgan fingerprint density at radius 1 is 1.25 bits per heavy atom. The summed E-state index contributed by atoms with van der Waals surface area (Å²) in [4.78, 5) is 0. The van der Waals surface area contributed by atoms with Crippen molar-refractivity contribution in [3.8, 4) is 0 Å². The first-order valence-corrected chi connectivity index (χ1v) is 8.12. The Balaban J connectivity index is 1.91. The van der Waals surface area contributed by atoms with Crippen LogP contribution in [0.3, 0.4) is 0 Å². The Bertz CT molecular complexity index is 639. The highest BCUT2D eigenvalue weighted by Gasteiger charge is 2.20. The van der Waals surface area contributed by atoms with Gasteiger partial charge in [0, 0.05) is 9.50 Å². The van der Waals surface area contributed by atoms with E-state index in [0.29, 0.717) is 6.04 Å². The highest BCUT2D eigenvalue weighted by atomic mass is 79.9. The van der Waals surface area contributed by atoms with Crippen molar-refractivity contribution in [3.63, 3.8) is 0 Å². The van der Waals surface area contributed by atoms with E-state index in [0.717, 1.165) is 27.2 Å². The molecule has 0 amide bonds. The molecule has 1 aliphatic carbocycles. The van der Waals surface area contributed by atoms with Crippen LogP contribution in [0.15, 0.2) is 40.9 Å². The molecular formula is C17H17BrClN. The van der Waals surface area contributed by atoms with E-state index in [9.17, 15) is 0 Å². The van der Waals surface area contributed by atoms with Gasteiger partial charge in [-0.1, -0.05) is 35.9 Å². The molecule has 2 aromatic carbocycles. The minimum Gasteiger partial charge on any atom is -0.377 e. The van der Waals surface area contributed by atoms with Crippen LogP contribution in [0.25, 0.3) is 0 Å². The lowest BCUT2D eigenvalue weighted by Crippen LogP contribution is -2.17. The summed E-state index contributed by atoms with van der Waals surface area (Å²) in [6, 6.07) is 13.2. The van der Waals surface area contributed by atoms with Crippen molar-refractivity contribution in [2.45, 2.75) is 32.2 Å². The van der Waals surface area contributed by atoms with Crippen LogP contribution < -0.4 is 5.32 Å². The highest BCUT2D eigenvalue weighted by molar-refractivity contribution is 9.10. The summed E-state index contributed by atoms with van der Waals surface area (Å²) in [6.45, 7) is 2.02. The van der Waals surface area contributed by atoms with Gasteiger partial charge in [0.15, 0.2) is 0 Å². The number of hydrogen-bond donors (Lipinski definition) is 1. The summed E-state index contributed by atoms with van der Waals surface area (Å²) >= 11 is 9.87. The number of hydrogen-bond acceptors (Lipinski definition) is 1. The average molecular weight is 351 g/mol. The van der Waals surface area contributed by atoms with Gasteiger partial charge in [0.2, 0.25) is 0 Å². The zero-order chi connectivity index (χ0) is 14.1. The van der Waals surface area contributed by atoms with Gasteiger partial charge in [-0.05, 0) is 70.9 Å². The largest absolute Gasteiger partial charge is 0.377 e. The van der Waals surface area contributed by atoms with Crippen LogP contribution in [0.4, 0.5) is 5.69 Å². The molecule has 0 saturated heterocycles. The lowest BCUT2D eigenvalue weighted by Gasteiger charge is -2.28. The number of halogens is 2. The molecule has 104 valence electrons. The molecule has 0 bridgehead atoms. The molecule has 0 aliphatic heterocycles. The van der Waals surface area contributed by atoms with Gasteiger partial charge in [-0.2, -0.15) is 0 Å². The molecule has 0 spiro atoms. The van der Waals surface area contributed by atoms with Gasteiger partial charge >= 0.3 is 0 Å². The van der Waals surface area contributed by atoms with Gasteiger partial charge in [0.05, 0.1) is 11.7 Å². The van der Waals surface area contributed by atoms with Gasteiger partial charge in [-0.15, -0.1) is 0 Å². The molecule has 1 N–H and O–H groups in total. The summed E-state index contributed by atoms with van der Waals surface area (Å²) in [6.07, 6.45) is 3.57. The summed E-state index contributed by atoms with van der Waals surface area (Å²) in [5.41, 5.74) is 5.04. The third-order valence-electron chi connectivity index (χ3n) is 3.95. The molecule has 0 radical (unpaired) electrons. The molecule has 0 fully saturated rings. The highest BCUT2D eigenvalue weighted by Crippen LogP contribution is 2.36. The molecule has 20 heavy (non-hydrogen) atoms. The van der Waals surface area contributed by atoms with E-state index in [1.165, 1.54) is 24.0 Å². The third kappa shape index (κ3) is 2.72. The molecule has 1 nitrogen and oxygen atoms in total. The maximum Gasteiger partial charge on any atom is 0.0517 e. The number of nitrogens with one attached hydrogen (secondary N) is 1. The maximum atomic E-state index is 6.24. The van der Waals surface area contributed by atoms with Crippen molar-refractivity contribution in [3.05, 3.63) is 62.6 Å². The van der Waals surface area contributed by atoms with Crippen molar-refractivity contribution in [2.24, 2.45) is 0 Å². The van der Waals surface area contributed by atoms with Crippen LogP contribution in [-0.2, 0) is 6.42 Å². The van der Waals surface area contributed by atoms with Crippen LogP contribution in [0.5, 0.6) is 0 Å². The lowest BCUT2D eigenvalue weighted by molar-refractivity contribution is 0.600. The number of anilines is 1. The van der Waals surface area contributed by atoms with Gasteiger partial charge in [-0.3, -0.25) is 0 Å². The molecule has 1 atom stereocenters. The van der Waals surface area contributed by atoms with E-state index in [1.54, 1.807) is 0 Å². The van der Waals surface area contributed by atoms with Crippen molar-refractivity contribution in [2.75, 3.05) is 5.32 Å². The molecule has 1 aliphatic rings. The first-order valence-electron chi connectivity index (χ1n) is 6.95. The first kappa shape index (κ1) is 14.0. The van der Waals surface area contributed by atoms with Crippen LogP contribution in [0.1, 0.15) is 35.6 Å². The van der Waals surface area contributed by atoms with E-state index >= 15 is 0 Å². The maximum absolute atomic E-state index is 6.24. The fourth-order valence-corrected chi connectivity index (χ4v) is 3.58. The second kappa shape index (κ2) is 5.79. The molecule has 0 aromatic heterocycles. The van der Waals surface area contributed by atoms with Crippen LogP contribution in [-0.4, -0.2) is 0 Å². The summed E-state index contributed by atoms with van der Waals surface area (Å²) in [5, 5.41) is 4.45. The van der Waals surface area contributed by atoms with Gasteiger partial charge in [0.25, 0.3) is 0 Å². The standard InChI is InChI=1S/C17H17BrClN/c1-11-9-14(18)17(10-15(11)19)20-16-8-4-6-12-5-2-3-7-13(12)16/h2-3,5,7,9-10,16,20H,4,6,8H2,1H3. The smallest absolute Gasteiger partial charge is 0.0517 e. The second-order valence-corrected chi connectivity index (χ2v) is 6.63. The molecule has 0 heterocycles. The predicted molar refractivity (Wildman–Crippen MR) is 89.6 cm³/mol. The Kier molecular flexibility index (Phi) is 4.04. The van der Waals surface area contributed by atoms with Crippen molar-refractivity contribution >= 4 is 33.2 Å². The zero-order valence-electron chi connectivity index (χ0n) is 11.4. The van der Waals surface area contributed by atoms with E-state index in [-0.39, 0.29) is 0 Å². The van der Waals surface area contributed by atoms with E-state index in [4.69, 9.17) is 11.6 Å². The Morgan fingerprint density at radius 3 is 2.90 bits per heavy atom. The monoisotopic (exact) mass is 349 g/mol. The lowest BCUT2D eigenvalue weighted by atomic mass is 9.87. The zero-order valence-corrected chi connectivity index (χ0v) is 13.8. The number of fused-ring (bicyclic) bond motifs is 1. The molecule has 3 rings (SSSR count). The molecule has 3 heteroatoms. The summed E-state index contributed by atoms with van der Waals surface area (Å²) in [5.74, 6) is 0. The van der Waals surface area contributed by atoms with Gasteiger partial charge in [-0.25, -0.2) is 0 Å². The average Bonchev–Trinajstić information content (AvgIpc) is 2.45. The quantitative estimate of drug-likeness (QED) is 0.711. The Labute approximate surface area is 133 Å². The normalized spacial score (nSPS) is 17.6. The van der Waals surface area contributed by atoms with E-state index < -0.39 is 0 Å². The first-order chi connectivity index (χ1) is 9.65. The minimum absolute atomic E-state index is 0.370. The number of aryl methyl sites for hydroxylation is 2. The molecule has 1 unspecified atom stereocenters. The Morgan fingerprint density at radius 2 is 2.05 bits per heavy atom. The van der Waals surface area contributed by atoms with Crippen LogP contribution >= 0.6 is 27.5 Å². The number of benzene rings is 2. The fourth-order valence-electron chi connectivity index (χ4n) is 2.85. The van der Waals surface area contributed by atoms with Crippen molar-refractivity contribution in [1.82, 2.24) is 0 Å². The second-order valence-electron chi connectivity index (χ2n) is 5.37. The molecule has 0 saturated carbocycles. The van der Waals surface area contributed by atoms with Crippen molar-refractivity contribution < 1.29 is 0 Å². The summed E-state index contributed by atoms with van der Waals surface area (Å²) < 4.78 is 1.07. The number of rotatable bonds is 2. The topological polar surface area (TPSA) is 12.0 Å². The third-order valence-corrected chi connectivity index (χ3v) is 5.01. The van der Waals surface area contributed by atoms with Gasteiger partial charge in [0.1, 0.15) is 0 Å². The van der Waals surface area contributed by atoms with Crippen LogP contribution in [0, 0.1) is 6.92 Å². The fraction of sp³-hybridized carbons (Fsp3) is 0.294. The minimum atomic E-state index is 0.370. The predicted octanol–water partition coefficient (Wildman–Crippen LogP) is 5.90. The van der Waals surface area contributed by atoms with Gasteiger partial charge < -0.3 is 5.32 Å². The summed E-state index contributed by atoms with van der Waals surface area (Å²) in [7, 11) is 0.